The molecule has 7 heteroatoms. The predicted octanol–water partition coefficient (Wildman–Crippen LogP) is -0.184. The zero-order chi connectivity index (χ0) is 14.7. The van der Waals surface area contributed by atoms with Crippen LogP contribution >= 0.6 is 0 Å². The van der Waals surface area contributed by atoms with E-state index >= 15 is 0 Å². The third-order valence-corrected chi connectivity index (χ3v) is 3.19. The normalized spacial score (nSPS) is 18.4. The highest BCUT2D eigenvalue weighted by Crippen LogP contribution is 2.15. The average Bonchev–Trinajstić information content (AvgIpc) is 2.41. The Labute approximate surface area is 115 Å². The number of amides is 3. The van der Waals surface area contributed by atoms with Crippen molar-refractivity contribution in [3.8, 4) is 0 Å². The Morgan fingerprint density at radius 3 is 2.75 bits per heavy atom. The molecule has 0 aliphatic carbocycles. The van der Waals surface area contributed by atoms with E-state index in [1.807, 2.05) is 6.92 Å². The average molecular weight is 276 g/mol. The number of nitrogen functional groups attached to an aromatic ring is 1. The lowest BCUT2D eigenvalue weighted by Gasteiger charge is -2.21. The maximum Gasteiger partial charge on any atom is 0.251 e. The number of benzene rings is 1. The molecule has 2 rings (SSSR count). The van der Waals surface area contributed by atoms with Gasteiger partial charge in [-0.15, -0.1) is 0 Å². The Balaban J connectivity index is 2.06. The summed E-state index contributed by atoms with van der Waals surface area (Å²) >= 11 is 0. The van der Waals surface area contributed by atoms with E-state index in [1.165, 1.54) is 0 Å². The molecule has 1 unspecified atom stereocenters. The zero-order valence-electron chi connectivity index (χ0n) is 11.0. The summed E-state index contributed by atoms with van der Waals surface area (Å²) in [7, 11) is 0. The number of nitrogens with two attached hydrogens (primary N) is 1. The Morgan fingerprint density at radius 2 is 2.15 bits per heavy atom. The number of hydrogen-bond acceptors (Lipinski definition) is 5. The van der Waals surface area contributed by atoms with Crippen molar-refractivity contribution in [2.45, 2.75) is 25.8 Å². The minimum atomic E-state index is -0.673. The molecular formula is C13H16N4O3. The molecule has 1 saturated heterocycles. The van der Waals surface area contributed by atoms with Gasteiger partial charge in [0.1, 0.15) is 6.04 Å². The number of rotatable bonds is 3. The summed E-state index contributed by atoms with van der Waals surface area (Å²) < 4.78 is 0. The third kappa shape index (κ3) is 2.94. The van der Waals surface area contributed by atoms with Gasteiger partial charge in [0.05, 0.1) is 5.69 Å². The Morgan fingerprint density at radius 1 is 1.40 bits per heavy atom. The van der Waals surface area contributed by atoms with E-state index in [4.69, 9.17) is 5.84 Å². The second-order valence-corrected chi connectivity index (χ2v) is 4.65. The molecule has 1 heterocycles. The van der Waals surface area contributed by atoms with Gasteiger partial charge >= 0.3 is 0 Å². The Bertz CT molecular complexity index is 571. The highest BCUT2D eigenvalue weighted by atomic mass is 16.2. The van der Waals surface area contributed by atoms with Gasteiger partial charge in [-0.2, -0.15) is 0 Å². The van der Waals surface area contributed by atoms with Crippen LogP contribution in [-0.2, 0) is 9.59 Å². The summed E-state index contributed by atoms with van der Waals surface area (Å²) in [6.45, 7) is 1.82. The SMILES string of the molecule is Cc1cc(C(=O)NC2CCC(=O)NC2=O)ccc1NN. The molecule has 1 fully saturated rings. The van der Waals surface area contributed by atoms with E-state index in [0.29, 0.717) is 12.0 Å². The van der Waals surface area contributed by atoms with Crippen LogP contribution in [0.15, 0.2) is 18.2 Å². The van der Waals surface area contributed by atoms with Gasteiger partial charge in [-0.3, -0.25) is 25.5 Å². The summed E-state index contributed by atoms with van der Waals surface area (Å²) in [5.41, 5.74) is 4.50. The number of hydrogen-bond donors (Lipinski definition) is 4. The van der Waals surface area contributed by atoms with E-state index in [1.54, 1.807) is 18.2 Å². The first-order valence-corrected chi connectivity index (χ1v) is 6.23. The summed E-state index contributed by atoms with van der Waals surface area (Å²) in [5.74, 6) is 4.19. The van der Waals surface area contributed by atoms with E-state index in [0.717, 1.165) is 11.3 Å². The van der Waals surface area contributed by atoms with Crippen LogP contribution < -0.4 is 21.9 Å². The summed E-state index contributed by atoms with van der Waals surface area (Å²) in [4.78, 5) is 34.7. The molecular weight excluding hydrogens is 260 g/mol. The maximum atomic E-state index is 12.1. The van der Waals surface area contributed by atoms with Crippen LogP contribution in [0.5, 0.6) is 0 Å². The van der Waals surface area contributed by atoms with Crippen molar-refractivity contribution in [2.24, 2.45) is 5.84 Å². The van der Waals surface area contributed by atoms with Crippen LogP contribution in [0.25, 0.3) is 0 Å². The van der Waals surface area contributed by atoms with Crippen molar-refractivity contribution in [2.75, 3.05) is 5.43 Å². The van der Waals surface area contributed by atoms with Crippen LogP contribution in [0.1, 0.15) is 28.8 Å². The molecule has 0 saturated carbocycles. The Kier molecular flexibility index (Phi) is 3.99. The number of anilines is 1. The number of hydrazine groups is 1. The number of aryl methyl sites for hydroxylation is 1. The van der Waals surface area contributed by atoms with Gasteiger partial charge < -0.3 is 10.7 Å². The lowest BCUT2D eigenvalue weighted by molar-refractivity contribution is -0.134. The third-order valence-electron chi connectivity index (χ3n) is 3.19. The largest absolute Gasteiger partial charge is 0.340 e. The van der Waals surface area contributed by atoms with E-state index in [-0.39, 0.29) is 18.2 Å². The second-order valence-electron chi connectivity index (χ2n) is 4.65. The van der Waals surface area contributed by atoms with Crippen LogP contribution in [0.4, 0.5) is 5.69 Å². The van der Waals surface area contributed by atoms with Crippen molar-refractivity contribution in [1.29, 1.82) is 0 Å². The first kappa shape index (κ1) is 14.0. The fourth-order valence-corrected chi connectivity index (χ4v) is 2.04. The van der Waals surface area contributed by atoms with Gasteiger partial charge in [0.25, 0.3) is 5.91 Å². The highest BCUT2D eigenvalue weighted by Gasteiger charge is 2.28. The van der Waals surface area contributed by atoms with Gasteiger partial charge in [0, 0.05) is 12.0 Å². The summed E-state index contributed by atoms with van der Waals surface area (Å²) in [5, 5.41) is 4.81. The van der Waals surface area contributed by atoms with E-state index in [9.17, 15) is 14.4 Å². The van der Waals surface area contributed by atoms with Crippen molar-refractivity contribution in [3.05, 3.63) is 29.3 Å². The zero-order valence-corrected chi connectivity index (χ0v) is 11.0. The van der Waals surface area contributed by atoms with Crippen LogP contribution in [0.3, 0.4) is 0 Å². The van der Waals surface area contributed by atoms with Gasteiger partial charge in [-0.05, 0) is 37.1 Å². The molecule has 7 nitrogen and oxygen atoms in total. The lowest BCUT2D eigenvalue weighted by atomic mass is 10.0. The molecule has 0 aromatic heterocycles. The molecule has 1 atom stereocenters. The molecule has 1 aliphatic rings. The quantitative estimate of drug-likeness (QED) is 0.347. The number of carbonyl (C=O) groups excluding carboxylic acids is 3. The fraction of sp³-hybridized carbons (Fsp3) is 0.308. The molecule has 0 bridgehead atoms. The van der Waals surface area contributed by atoms with Gasteiger partial charge in [-0.25, -0.2) is 0 Å². The van der Waals surface area contributed by atoms with Crippen LogP contribution in [0.2, 0.25) is 0 Å². The second kappa shape index (κ2) is 5.70. The fourth-order valence-electron chi connectivity index (χ4n) is 2.04. The molecule has 1 aliphatic heterocycles. The van der Waals surface area contributed by atoms with Gasteiger partial charge in [0.2, 0.25) is 11.8 Å². The Hall–Kier alpha value is -2.41. The highest BCUT2D eigenvalue weighted by molar-refractivity contribution is 6.03. The number of imide groups is 1. The summed E-state index contributed by atoms with van der Waals surface area (Å²) in [6, 6.07) is 4.31. The molecule has 1 aromatic carbocycles. The molecule has 0 radical (unpaired) electrons. The monoisotopic (exact) mass is 276 g/mol. The van der Waals surface area contributed by atoms with Crippen molar-refractivity contribution in [3.63, 3.8) is 0 Å². The van der Waals surface area contributed by atoms with Crippen molar-refractivity contribution >= 4 is 23.4 Å². The molecule has 106 valence electrons. The van der Waals surface area contributed by atoms with Crippen molar-refractivity contribution < 1.29 is 14.4 Å². The van der Waals surface area contributed by atoms with Gasteiger partial charge in [-0.1, -0.05) is 0 Å². The molecule has 5 N–H and O–H groups in total. The molecule has 0 spiro atoms. The number of piperidine rings is 1. The molecule has 1 aromatic rings. The van der Waals surface area contributed by atoms with E-state index in [2.05, 4.69) is 16.1 Å². The topological polar surface area (TPSA) is 113 Å². The molecule has 20 heavy (non-hydrogen) atoms. The van der Waals surface area contributed by atoms with E-state index < -0.39 is 11.9 Å². The summed E-state index contributed by atoms with van der Waals surface area (Å²) in [6.07, 6.45) is 0.545. The first-order valence-electron chi connectivity index (χ1n) is 6.23. The standard InChI is InChI=1S/C13H16N4O3/c1-7-6-8(2-3-9(7)17-14)12(19)15-10-4-5-11(18)16-13(10)20/h2-3,6,10,17H,4-5,14H2,1H3,(H,15,19)(H,16,18,20). The minimum absolute atomic E-state index is 0.228. The number of nitrogens with one attached hydrogen (secondary N) is 3. The van der Waals surface area contributed by atoms with Crippen molar-refractivity contribution in [1.82, 2.24) is 10.6 Å². The first-order chi connectivity index (χ1) is 9.51. The van der Waals surface area contributed by atoms with Crippen LogP contribution in [-0.4, -0.2) is 23.8 Å². The minimum Gasteiger partial charge on any atom is -0.340 e. The van der Waals surface area contributed by atoms with Gasteiger partial charge in [0.15, 0.2) is 0 Å². The predicted molar refractivity (Wildman–Crippen MR) is 72.6 cm³/mol. The lowest BCUT2D eigenvalue weighted by Crippen LogP contribution is -2.52. The smallest absolute Gasteiger partial charge is 0.251 e. The van der Waals surface area contributed by atoms with Crippen LogP contribution in [0, 0.1) is 6.92 Å². The maximum absolute atomic E-state index is 12.1. The molecule has 3 amide bonds. The number of carbonyl (C=O) groups is 3.